The molecule has 0 saturated carbocycles. The molecule has 0 saturated heterocycles. The first kappa shape index (κ1) is 21.6. The van der Waals surface area contributed by atoms with Crippen molar-refractivity contribution < 1.29 is 22.8 Å². The molecule has 4 rings (SSSR count). The highest BCUT2D eigenvalue weighted by Crippen LogP contribution is 2.33. The molecule has 166 valence electrons. The number of aryl methyl sites for hydroxylation is 2. The van der Waals surface area contributed by atoms with Gasteiger partial charge in [-0.2, -0.15) is 18.3 Å². The second-order valence-corrected chi connectivity index (χ2v) is 7.84. The molecule has 9 heteroatoms. The highest BCUT2D eigenvalue weighted by atomic mass is 19.4. The van der Waals surface area contributed by atoms with Crippen LogP contribution in [-0.4, -0.2) is 28.1 Å². The number of aromatic nitrogens is 2. The van der Waals surface area contributed by atoms with E-state index in [9.17, 15) is 22.8 Å². The summed E-state index contributed by atoms with van der Waals surface area (Å²) in [7, 11) is 0. The van der Waals surface area contributed by atoms with E-state index in [0.29, 0.717) is 36.3 Å². The Morgan fingerprint density at radius 1 is 1.16 bits per heavy atom. The number of anilines is 1. The van der Waals surface area contributed by atoms with Crippen LogP contribution >= 0.6 is 0 Å². The number of halogens is 3. The van der Waals surface area contributed by atoms with E-state index < -0.39 is 17.6 Å². The molecule has 1 aliphatic rings. The van der Waals surface area contributed by atoms with E-state index in [4.69, 9.17) is 5.73 Å². The quantitative estimate of drug-likeness (QED) is 0.648. The van der Waals surface area contributed by atoms with Gasteiger partial charge in [0.2, 0.25) is 5.91 Å². The van der Waals surface area contributed by atoms with E-state index in [0.717, 1.165) is 23.3 Å². The Morgan fingerprint density at radius 2 is 1.88 bits per heavy atom. The fourth-order valence-electron chi connectivity index (χ4n) is 3.91. The Kier molecular flexibility index (Phi) is 5.50. The smallest absolute Gasteiger partial charge is 0.366 e. The fraction of sp³-hybridized carbons (Fsp3) is 0.261. The molecule has 0 bridgehead atoms. The zero-order valence-electron chi connectivity index (χ0n) is 17.3. The van der Waals surface area contributed by atoms with Gasteiger partial charge in [-0.25, -0.2) is 0 Å². The minimum atomic E-state index is -4.44. The van der Waals surface area contributed by atoms with Crippen LogP contribution in [0.5, 0.6) is 0 Å². The number of hydrogen-bond acceptors (Lipinski definition) is 3. The van der Waals surface area contributed by atoms with Crippen LogP contribution in [0.15, 0.2) is 54.7 Å². The predicted molar refractivity (Wildman–Crippen MR) is 112 cm³/mol. The van der Waals surface area contributed by atoms with Crippen molar-refractivity contribution in [1.82, 2.24) is 9.78 Å². The standard InChI is InChI=1S/C23H21F3N4O2/c1-14-13-29(19-9-7-18(8-10-19)23(24,25)26)22(32)20-17(12-28-30(14)20)6-5-15-3-2-4-16(11-15)21(27)31/h2-4,7-12,14H,5-6,13H2,1H3,(H2,27,31)/t14-/m0/s1. The van der Waals surface area contributed by atoms with Crippen LogP contribution in [0.2, 0.25) is 0 Å². The van der Waals surface area contributed by atoms with E-state index in [1.807, 2.05) is 13.0 Å². The molecule has 2 amide bonds. The highest BCUT2D eigenvalue weighted by molar-refractivity contribution is 6.06. The molecule has 0 unspecified atom stereocenters. The Morgan fingerprint density at radius 3 is 2.53 bits per heavy atom. The van der Waals surface area contributed by atoms with Crippen LogP contribution < -0.4 is 10.6 Å². The summed E-state index contributed by atoms with van der Waals surface area (Å²) < 4.78 is 40.3. The maximum Gasteiger partial charge on any atom is 0.416 e. The molecule has 0 fully saturated rings. The minimum absolute atomic E-state index is 0.142. The fourth-order valence-corrected chi connectivity index (χ4v) is 3.91. The summed E-state index contributed by atoms with van der Waals surface area (Å²) in [5.41, 5.74) is 7.46. The second kappa shape index (κ2) is 8.14. The van der Waals surface area contributed by atoms with Crippen molar-refractivity contribution in [2.24, 2.45) is 5.73 Å². The van der Waals surface area contributed by atoms with Crippen LogP contribution in [0, 0.1) is 0 Å². The van der Waals surface area contributed by atoms with Crippen molar-refractivity contribution in [2.45, 2.75) is 32.0 Å². The Hall–Kier alpha value is -3.62. The molecule has 0 radical (unpaired) electrons. The van der Waals surface area contributed by atoms with E-state index in [2.05, 4.69) is 5.10 Å². The summed E-state index contributed by atoms with van der Waals surface area (Å²) in [5.74, 6) is -0.813. The first-order valence-corrected chi connectivity index (χ1v) is 10.1. The topological polar surface area (TPSA) is 81.2 Å². The van der Waals surface area contributed by atoms with Crippen molar-refractivity contribution in [3.05, 3.63) is 82.7 Å². The molecule has 0 spiro atoms. The summed E-state index contributed by atoms with van der Waals surface area (Å²) in [5, 5.41) is 4.37. The van der Waals surface area contributed by atoms with Crippen LogP contribution in [0.25, 0.3) is 0 Å². The molecule has 2 N–H and O–H groups in total. The predicted octanol–water partition coefficient (Wildman–Crippen LogP) is 4.01. The molecule has 1 aliphatic heterocycles. The van der Waals surface area contributed by atoms with Crippen LogP contribution in [0.4, 0.5) is 18.9 Å². The Balaban J connectivity index is 1.58. The molecular formula is C23H21F3N4O2. The van der Waals surface area contributed by atoms with Gasteiger partial charge in [-0.15, -0.1) is 0 Å². The van der Waals surface area contributed by atoms with Gasteiger partial charge in [0.1, 0.15) is 5.69 Å². The number of rotatable bonds is 5. The molecule has 6 nitrogen and oxygen atoms in total. The van der Waals surface area contributed by atoms with Gasteiger partial charge in [-0.1, -0.05) is 12.1 Å². The van der Waals surface area contributed by atoms with Gasteiger partial charge in [0, 0.05) is 23.4 Å². The average Bonchev–Trinajstić information content (AvgIpc) is 3.19. The third-order valence-corrected chi connectivity index (χ3v) is 5.58. The lowest BCUT2D eigenvalue weighted by Crippen LogP contribution is -2.43. The maximum atomic E-state index is 13.3. The molecule has 2 heterocycles. The van der Waals surface area contributed by atoms with E-state index >= 15 is 0 Å². The number of amides is 2. The number of carbonyl (C=O) groups is 2. The van der Waals surface area contributed by atoms with Gasteiger partial charge in [-0.3, -0.25) is 14.3 Å². The first-order valence-electron chi connectivity index (χ1n) is 10.1. The summed E-state index contributed by atoms with van der Waals surface area (Å²) in [6.07, 6.45) is -1.70. The molecule has 1 atom stereocenters. The SMILES string of the molecule is C[C@H]1CN(c2ccc(C(F)(F)F)cc2)C(=O)c2c(CCc3cccc(C(N)=O)c3)cnn21. The highest BCUT2D eigenvalue weighted by Gasteiger charge is 2.34. The number of hydrogen-bond donors (Lipinski definition) is 1. The molecule has 32 heavy (non-hydrogen) atoms. The summed E-state index contributed by atoms with van der Waals surface area (Å²) in [4.78, 5) is 26.1. The van der Waals surface area contributed by atoms with E-state index in [1.54, 1.807) is 29.1 Å². The zero-order chi connectivity index (χ0) is 23.0. The zero-order valence-corrected chi connectivity index (χ0v) is 17.3. The number of fused-ring (bicyclic) bond motifs is 1. The number of nitrogens with zero attached hydrogens (tertiary/aromatic N) is 3. The van der Waals surface area contributed by atoms with Crippen molar-refractivity contribution in [1.29, 1.82) is 0 Å². The minimum Gasteiger partial charge on any atom is -0.366 e. The van der Waals surface area contributed by atoms with E-state index in [-0.39, 0.29) is 11.9 Å². The van der Waals surface area contributed by atoms with Gasteiger partial charge >= 0.3 is 6.18 Å². The van der Waals surface area contributed by atoms with Gasteiger partial charge < -0.3 is 10.6 Å². The van der Waals surface area contributed by atoms with E-state index in [1.165, 1.54) is 17.0 Å². The van der Waals surface area contributed by atoms with Crippen LogP contribution in [-0.2, 0) is 19.0 Å². The van der Waals surface area contributed by atoms with Crippen molar-refractivity contribution in [2.75, 3.05) is 11.4 Å². The summed E-state index contributed by atoms with van der Waals surface area (Å²) in [6, 6.07) is 11.4. The van der Waals surface area contributed by atoms with Crippen molar-refractivity contribution in [3.63, 3.8) is 0 Å². The monoisotopic (exact) mass is 442 g/mol. The Bertz CT molecular complexity index is 1170. The van der Waals surface area contributed by atoms with Crippen molar-refractivity contribution in [3.8, 4) is 0 Å². The summed E-state index contributed by atoms with van der Waals surface area (Å²) >= 11 is 0. The summed E-state index contributed by atoms with van der Waals surface area (Å²) in [6.45, 7) is 2.21. The first-order chi connectivity index (χ1) is 15.1. The number of nitrogens with two attached hydrogens (primary N) is 1. The lowest BCUT2D eigenvalue weighted by molar-refractivity contribution is -0.137. The van der Waals surface area contributed by atoms with Crippen LogP contribution in [0.3, 0.4) is 0 Å². The second-order valence-electron chi connectivity index (χ2n) is 7.84. The van der Waals surface area contributed by atoms with Gasteiger partial charge in [-0.05, 0) is 61.7 Å². The average molecular weight is 442 g/mol. The van der Waals surface area contributed by atoms with Gasteiger partial charge in [0.15, 0.2) is 0 Å². The third-order valence-electron chi connectivity index (χ3n) is 5.58. The lowest BCUT2D eigenvalue weighted by Gasteiger charge is -2.32. The third kappa shape index (κ3) is 4.10. The van der Waals surface area contributed by atoms with Crippen molar-refractivity contribution >= 4 is 17.5 Å². The maximum absolute atomic E-state index is 13.3. The lowest BCUT2D eigenvalue weighted by atomic mass is 10.0. The molecular weight excluding hydrogens is 421 g/mol. The number of benzene rings is 2. The van der Waals surface area contributed by atoms with Gasteiger partial charge in [0.05, 0.1) is 17.8 Å². The number of carbonyl (C=O) groups excluding carboxylic acids is 2. The normalized spacial score (nSPS) is 16.2. The molecule has 0 aliphatic carbocycles. The number of primary amides is 1. The largest absolute Gasteiger partial charge is 0.416 e. The Labute approximate surface area is 182 Å². The number of alkyl halides is 3. The molecule has 2 aromatic carbocycles. The van der Waals surface area contributed by atoms with Crippen LogP contribution in [0.1, 0.15) is 50.5 Å². The molecule has 3 aromatic rings. The molecule has 1 aromatic heterocycles. The van der Waals surface area contributed by atoms with Gasteiger partial charge in [0.25, 0.3) is 5.91 Å².